The maximum Gasteiger partial charge on any atom is 0.416 e. The summed E-state index contributed by atoms with van der Waals surface area (Å²) in [7, 11) is 0. The molecule has 0 aliphatic rings. The Labute approximate surface area is 155 Å². The molecule has 0 atom stereocenters. The van der Waals surface area contributed by atoms with E-state index in [0.29, 0.717) is 23.7 Å². The summed E-state index contributed by atoms with van der Waals surface area (Å²) in [5, 5.41) is 0.683. The number of halogens is 7. The van der Waals surface area contributed by atoms with Crippen LogP contribution in [0.1, 0.15) is 35.1 Å². The maximum absolute atomic E-state index is 13.0. The summed E-state index contributed by atoms with van der Waals surface area (Å²) in [6.07, 6.45) is -6.14. The van der Waals surface area contributed by atoms with Crippen molar-refractivity contribution in [1.29, 1.82) is 0 Å². The van der Waals surface area contributed by atoms with Crippen LogP contribution >= 0.6 is 15.9 Å². The van der Waals surface area contributed by atoms with Gasteiger partial charge in [0.05, 0.1) is 11.1 Å². The standard InChI is InChI=1S/C19H15BrF6/c20-10-2-1-9-17(13-5-3-7-15(11-13)18(21,22)23)14-6-4-8-16(12-14)19(24,25)26/h3-9,11-12H,1-2,10H2. The highest BCUT2D eigenvalue weighted by atomic mass is 79.9. The Kier molecular flexibility index (Phi) is 6.55. The third-order valence-electron chi connectivity index (χ3n) is 3.69. The van der Waals surface area contributed by atoms with Crippen molar-refractivity contribution in [3.63, 3.8) is 0 Å². The molecule has 0 radical (unpaired) electrons. The second-order valence-corrected chi connectivity index (χ2v) is 6.40. The SMILES string of the molecule is FC(F)(F)c1cccc(C(=CCCCBr)c2cccc(C(F)(F)F)c2)c1. The summed E-state index contributed by atoms with van der Waals surface area (Å²) in [5.41, 5.74) is -0.868. The van der Waals surface area contributed by atoms with E-state index in [1.54, 1.807) is 6.08 Å². The molecule has 2 aromatic carbocycles. The lowest BCUT2D eigenvalue weighted by molar-refractivity contribution is -0.138. The molecule has 7 heteroatoms. The van der Waals surface area contributed by atoms with Crippen molar-refractivity contribution in [2.24, 2.45) is 0 Å². The van der Waals surface area contributed by atoms with E-state index in [9.17, 15) is 26.3 Å². The van der Waals surface area contributed by atoms with E-state index in [2.05, 4.69) is 15.9 Å². The van der Waals surface area contributed by atoms with Gasteiger partial charge in [-0.25, -0.2) is 0 Å². The minimum Gasteiger partial charge on any atom is -0.166 e. The van der Waals surface area contributed by atoms with Crippen LogP contribution in [-0.2, 0) is 12.4 Å². The first-order valence-electron chi connectivity index (χ1n) is 7.74. The molecule has 0 aliphatic heterocycles. The van der Waals surface area contributed by atoms with Crippen LogP contribution in [0.25, 0.3) is 5.57 Å². The molecule has 0 fully saturated rings. The van der Waals surface area contributed by atoms with Gasteiger partial charge in [-0.2, -0.15) is 26.3 Å². The predicted octanol–water partition coefficient (Wildman–Crippen LogP) is 7.33. The number of allylic oxidation sites excluding steroid dienone is 1. The summed E-state index contributed by atoms with van der Waals surface area (Å²) in [6, 6.07) is 9.23. The van der Waals surface area contributed by atoms with Gasteiger partial charge in [-0.15, -0.1) is 0 Å². The number of hydrogen-bond donors (Lipinski definition) is 0. The predicted molar refractivity (Wildman–Crippen MR) is 93.0 cm³/mol. The molecule has 0 N–H and O–H groups in total. The van der Waals surface area contributed by atoms with Crippen molar-refractivity contribution in [2.75, 3.05) is 5.33 Å². The molecule has 0 aromatic heterocycles. The monoisotopic (exact) mass is 436 g/mol. The van der Waals surface area contributed by atoms with Crippen LogP contribution < -0.4 is 0 Å². The third kappa shape index (κ3) is 5.37. The number of unbranched alkanes of at least 4 members (excludes halogenated alkanes) is 1. The summed E-state index contributed by atoms with van der Waals surface area (Å²) < 4.78 is 77.9. The van der Waals surface area contributed by atoms with Gasteiger partial charge in [0.2, 0.25) is 0 Å². The lowest BCUT2D eigenvalue weighted by Gasteiger charge is -2.14. The molecule has 0 amide bonds. The van der Waals surface area contributed by atoms with Crippen molar-refractivity contribution >= 4 is 21.5 Å². The molecule has 26 heavy (non-hydrogen) atoms. The van der Waals surface area contributed by atoms with Crippen LogP contribution in [-0.4, -0.2) is 5.33 Å². The molecular formula is C19H15BrF6. The minimum atomic E-state index is -4.52. The van der Waals surface area contributed by atoms with Crippen LogP contribution in [0.5, 0.6) is 0 Å². The van der Waals surface area contributed by atoms with Gasteiger partial charge in [0.1, 0.15) is 0 Å². The van der Waals surface area contributed by atoms with Gasteiger partial charge in [0.15, 0.2) is 0 Å². The van der Waals surface area contributed by atoms with E-state index in [1.807, 2.05) is 0 Å². The fraction of sp³-hybridized carbons (Fsp3) is 0.263. The van der Waals surface area contributed by atoms with Gasteiger partial charge in [0.25, 0.3) is 0 Å². The average Bonchev–Trinajstić information content (AvgIpc) is 2.57. The Morgan fingerprint density at radius 3 is 1.65 bits per heavy atom. The zero-order valence-electron chi connectivity index (χ0n) is 13.5. The summed E-state index contributed by atoms with van der Waals surface area (Å²) in [5.74, 6) is 0. The molecule has 0 aliphatic carbocycles. The van der Waals surface area contributed by atoms with Crippen molar-refractivity contribution < 1.29 is 26.3 Å². The normalized spacial score (nSPS) is 12.1. The highest BCUT2D eigenvalue weighted by Crippen LogP contribution is 2.35. The molecule has 0 bridgehead atoms. The Morgan fingerprint density at radius 2 is 1.27 bits per heavy atom. The minimum absolute atomic E-state index is 0.230. The fourth-order valence-electron chi connectivity index (χ4n) is 2.45. The van der Waals surface area contributed by atoms with Gasteiger partial charge in [-0.05, 0) is 53.8 Å². The lowest BCUT2D eigenvalue weighted by atomic mass is 9.94. The summed E-state index contributed by atoms with van der Waals surface area (Å²) in [4.78, 5) is 0. The largest absolute Gasteiger partial charge is 0.416 e. The number of rotatable bonds is 5. The first kappa shape index (κ1) is 20.6. The molecule has 0 spiro atoms. The van der Waals surface area contributed by atoms with Crippen molar-refractivity contribution in [2.45, 2.75) is 25.2 Å². The second kappa shape index (κ2) is 8.29. The topological polar surface area (TPSA) is 0 Å². The van der Waals surface area contributed by atoms with E-state index in [4.69, 9.17) is 0 Å². The Morgan fingerprint density at radius 1 is 0.808 bits per heavy atom. The van der Waals surface area contributed by atoms with Crippen molar-refractivity contribution in [3.8, 4) is 0 Å². The first-order valence-corrected chi connectivity index (χ1v) is 8.86. The van der Waals surface area contributed by atoms with Gasteiger partial charge >= 0.3 is 12.4 Å². The van der Waals surface area contributed by atoms with E-state index >= 15 is 0 Å². The first-order chi connectivity index (χ1) is 12.1. The summed E-state index contributed by atoms with van der Waals surface area (Å²) >= 11 is 3.26. The highest BCUT2D eigenvalue weighted by molar-refractivity contribution is 9.09. The quantitative estimate of drug-likeness (QED) is 0.261. The van der Waals surface area contributed by atoms with Crippen LogP contribution in [0.3, 0.4) is 0 Å². The van der Waals surface area contributed by atoms with Crippen molar-refractivity contribution in [3.05, 3.63) is 76.9 Å². The van der Waals surface area contributed by atoms with E-state index < -0.39 is 23.5 Å². The molecule has 140 valence electrons. The molecular weight excluding hydrogens is 422 g/mol. The van der Waals surface area contributed by atoms with Crippen molar-refractivity contribution in [1.82, 2.24) is 0 Å². The zero-order chi connectivity index (χ0) is 19.4. The van der Waals surface area contributed by atoms with Gasteiger partial charge < -0.3 is 0 Å². The van der Waals surface area contributed by atoms with Gasteiger partial charge in [-0.1, -0.05) is 46.3 Å². The molecule has 0 saturated heterocycles. The second-order valence-electron chi connectivity index (χ2n) is 5.61. The zero-order valence-corrected chi connectivity index (χ0v) is 15.0. The van der Waals surface area contributed by atoms with Crippen LogP contribution in [0.15, 0.2) is 54.6 Å². The number of alkyl halides is 7. The highest BCUT2D eigenvalue weighted by Gasteiger charge is 2.32. The fourth-order valence-corrected chi connectivity index (χ4v) is 2.78. The molecule has 0 heterocycles. The average molecular weight is 437 g/mol. The molecule has 0 nitrogen and oxygen atoms in total. The van der Waals surface area contributed by atoms with Gasteiger partial charge in [0, 0.05) is 5.33 Å². The number of benzene rings is 2. The Balaban J connectivity index is 2.54. The Bertz CT molecular complexity index is 715. The molecule has 0 saturated carbocycles. The molecule has 2 rings (SSSR count). The lowest BCUT2D eigenvalue weighted by Crippen LogP contribution is -2.06. The molecule has 2 aromatic rings. The molecule has 0 unspecified atom stereocenters. The van der Waals surface area contributed by atoms with E-state index in [-0.39, 0.29) is 11.1 Å². The number of hydrogen-bond acceptors (Lipinski definition) is 0. The van der Waals surface area contributed by atoms with Crippen LogP contribution in [0.4, 0.5) is 26.3 Å². The Hall–Kier alpha value is -1.76. The van der Waals surface area contributed by atoms with E-state index in [1.165, 1.54) is 24.3 Å². The maximum atomic E-state index is 13.0. The van der Waals surface area contributed by atoms with Crippen LogP contribution in [0.2, 0.25) is 0 Å². The third-order valence-corrected chi connectivity index (χ3v) is 4.25. The summed E-state index contributed by atoms with van der Waals surface area (Å²) in [6.45, 7) is 0. The van der Waals surface area contributed by atoms with Gasteiger partial charge in [-0.3, -0.25) is 0 Å². The van der Waals surface area contributed by atoms with Crippen LogP contribution in [0, 0.1) is 0 Å². The smallest absolute Gasteiger partial charge is 0.166 e. The van der Waals surface area contributed by atoms with E-state index in [0.717, 1.165) is 24.3 Å².